The van der Waals surface area contributed by atoms with Gasteiger partial charge in [-0.2, -0.15) is 0 Å². The first-order valence-electron chi connectivity index (χ1n) is 10.9. The van der Waals surface area contributed by atoms with E-state index in [2.05, 4.69) is 0 Å². The number of ether oxygens (including phenoxy) is 3. The van der Waals surface area contributed by atoms with Gasteiger partial charge in [0.15, 0.2) is 11.5 Å². The summed E-state index contributed by atoms with van der Waals surface area (Å²) in [7, 11) is 0. The van der Waals surface area contributed by atoms with Crippen molar-refractivity contribution in [2.45, 2.75) is 43.5 Å². The molecule has 6 N–H and O–H groups in total. The number of aromatic hydroxyl groups is 1. The summed E-state index contributed by atoms with van der Waals surface area (Å²) >= 11 is 0. The number of phenols is 1. The highest BCUT2D eigenvalue weighted by Gasteiger charge is 2.45. The quantitative estimate of drug-likeness (QED) is 0.233. The number of aryl methyl sites for hydroxylation is 1. The van der Waals surface area contributed by atoms with E-state index in [9.17, 15) is 35.1 Å². The van der Waals surface area contributed by atoms with Gasteiger partial charge in [-0.1, -0.05) is 0 Å². The van der Waals surface area contributed by atoms with E-state index in [0.29, 0.717) is 5.39 Å². The predicted molar refractivity (Wildman–Crippen MR) is 121 cm³/mol. The van der Waals surface area contributed by atoms with Gasteiger partial charge in [0.25, 0.3) is 0 Å². The van der Waals surface area contributed by atoms with E-state index in [1.54, 1.807) is 18.2 Å². The Morgan fingerprint density at radius 2 is 1.72 bits per heavy atom. The van der Waals surface area contributed by atoms with Crippen LogP contribution in [0.15, 0.2) is 51.7 Å². The van der Waals surface area contributed by atoms with Crippen molar-refractivity contribution in [1.29, 1.82) is 0 Å². The topological polar surface area (TPSA) is 196 Å². The van der Waals surface area contributed by atoms with Gasteiger partial charge in [-0.25, -0.2) is 4.79 Å². The number of phenolic OH excluding ortho intramolecular Hbond substituents is 1. The third-order valence-corrected chi connectivity index (χ3v) is 5.67. The largest absolute Gasteiger partial charge is 0.508 e. The molecule has 0 unspecified atom stereocenters. The molecule has 0 spiro atoms. The number of carbonyl (C=O) groups is 1. The molecule has 5 atom stereocenters. The average Bonchev–Trinajstić information content (AvgIpc) is 2.84. The lowest BCUT2D eigenvalue weighted by atomic mass is 9.99. The maximum Gasteiger partial charge on any atom is 0.336 e. The minimum absolute atomic E-state index is 0.0252. The summed E-state index contributed by atoms with van der Waals surface area (Å²) in [5.41, 5.74) is -0.103. The summed E-state index contributed by atoms with van der Waals surface area (Å²) in [5, 5.41) is 59.9. The third-order valence-electron chi connectivity index (χ3n) is 5.67. The molecular formula is C24H24O12. The highest BCUT2D eigenvalue weighted by Crippen LogP contribution is 2.40. The summed E-state index contributed by atoms with van der Waals surface area (Å²) < 4.78 is 22.1. The molecular weight excluding hydrogens is 480 g/mol. The highest BCUT2D eigenvalue weighted by molar-refractivity contribution is 5.78. The molecule has 1 fully saturated rings. The van der Waals surface area contributed by atoms with Gasteiger partial charge in [0.05, 0.1) is 6.61 Å². The van der Waals surface area contributed by atoms with Gasteiger partial charge in [0.2, 0.25) is 6.29 Å². The smallest absolute Gasteiger partial charge is 0.336 e. The lowest BCUT2D eigenvalue weighted by Crippen LogP contribution is -2.60. The fourth-order valence-corrected chi connectivity index (χ4v) is 3.73. The number of aliphatic hydroxyl groups excluding tert-OH is 4. The van der Waals surface area contributed by atoms with Crippen molar-refractivity contribution < 1.29 is 54.1 Å². The zero-order valence-corrected chi connectivity index (χ0v) is 18.7. The van der Waals surface area contributed by atoms with Crippen molar-refractivity contribution in [3.05, 3.63) is 58.4 Å². The van der Waals surface area contributed by atoms with Crippen LogP contribution in [0.1, 0.15) is 12.0 Å². The summed E-state index contributed by atoms with van der Waals surface area (Å²) in [6.07, 6.45) is -8.13. The van der Waals surface area contributed by atoms with Crippen LogP contribution < -0.4 is 15.1 Å². The Balaban J connectivity index is 1.69. The number of benzene rings is 2. The normalized spacial score (nSPS) is 23.9. The van der Waals surface area contributed by atoms with Crippen molar-refractivity contribution in [2.75, 3.05) is 6.61 Å². The number of hydrogen-bond acceptors (Lipinski definition) is 11. The van der Waals surface area contributed by atoms with Gasteiger partial charge in [0, 0.05) is 30.0 Å². The van der Waals surface area contributed by atoms with Crippen LogP contribution in [0.5, 0.6) is 23.0 Å². The zero-order chi connectivity index (χ0) is 26.0. The first kappa shape index (κ1) is 25.4. The van der Waals surface area contributed by atoms with Crippen LogP contribution in [0.4, 0.5) is 0 Å². The lowest BCUT2D eigenvalue weighted by molar-refractivity contribution is -0.277. The summed E-state index contributed by atoms with van der Waals surface area (Å²) in [4.78, 5) is 22.6. The molecule has 1 aromatic heterocycles. The maximum absolute atomic E-state index is 11.6. The minimum Gasteiger partial charge on any atom is -0.508 e. The Labute approximate surface area is 203 Å². The number of carboxylic acid groups (broad SMARTS) is 1. The second-order valence-electron chi connectivity index (χ2n) is 8.19. The van der Waals surface area contributed by atoms with Crippen LogP contribution in [0.25, 0.3) is 11.0 Å². The fraction of sp³-hybridized carbons (Fsp3) is 0.333. The first-order valence-corrected chi connectivity index (χ1v) is 10.9. The molecule has 0 aliphatic carbocycles. The summed E-state index contributed by atoms with van der Waals surface area (Å²) in [6, 6.07) is 9.95. The molecule has 0 saturated carbocycles. The van der Waals surface area contributed by atoms with E-state index < -0.39 is 48.9 Å². The number of rotatable bonds is 8. The fourth-order valence-electron chi connectivity index (χ4n) is 3.73. The van der Waals surface area contributed by atoms with Gasteiger partial charge >= 0.3 is 11.6 Å². The second kappa shape index (κ2) is 10.5. The molecule has 0 bridgehead atoms. The molecule has 2 aromatic carbocycles. The third kappa shape index (κ3) is 5.42. The number of aliphatic hydroxyl groups is 4. The molecule has 1 aliphatic rings. The van der Waals surface area contributed by atoms with Crippen molar-refractivity contribution in [2.24, 2.45) is 0 Å². The van der Waals surface area contributed by atoms with Crippen molar-refractivity contribution >= 4 is 16.9 Å². The number of carboxylic acids is 1. The van der Waals surface area contributed by atoms with E-state index in [-0.39, 0.29) is 47.0 Å². The SMILES string of the molecule is O=C(O)CCc1cc(Oc2ccc3ccc(=O)oc3c2)c(O[C@H]2O[C@@H](CO)[C@@H](O)[C@@H](O)[C@H]2O)cc1O. The zero-order valence-electron chi connectivity index (χ0n) is 18.7. The first-order chi connectivity index (χ1) is 17.2. The van der Waals surface area contributed by atoms with E-state index in [1.807, 2.05) is 0 Å². The highest BCUT2D eigenvalue weighted by atomic mass is 16.7. The molecule has 2 heterocycles. The van der Waals surface area contributed by atoms with E-state index in [4.69, 9.17) is 23.7 Å². The predicted octanol–water partition coefficient (Wildman–Crippen LogP) is 0.487. The van der Waals surface area contributed by atoms with Gasteiger partial charge < -0.3 is 49.3 Å². The summed E-state index contributed by atoms with van der Waals surface area (Å²) in [5.74, 6) is -1.39. The van der Waals surface area contributed by atoms with Gasteiger partial charge in [-0.05, 0) is 36.2 Å². The van der Waals surface area contributed by atoms with Crippen LogP contribution in [0.2, 0.25) is 0 Å². The Morgan fingerprint density at radius 3 is 2.44 bits per heavy atom. The van der Waals surface area contributed by atoms with Crippen LogP contribution in [-0.2, 0) is 16.0 Å². The van der Waals surface area contributed by atoms with Crippen molar-refractivity contribution in [1.82, 2.24) is 0 Å². The number of aliphatic carboxylic acids is 1. The molecule has 36 heavy (non-hydrogen) atoms. The molecule has 12 nitrogen and oxygen atoms in total. The molecule has 1 aliphatic heterocycles. The van der Waals surface area contributed by atoms with E-state index >= 15 is 0 Å². The monoisotopic (exact) mass is 504 g/mol. The van der Waals surface area contributed by atoms with Crippen LogP contribution in [0.3, 0.4) is 0 Å². The summed E-state index contributed by atoms with van der Waals surface area (Å²) in [6.45, 7) is -0.671. The molecule has 12 heteroatoms. The van der Waals surface area contributed by atoms with Gasteiger partial charge in [-0.15, -0.1) is 0 Å². The molecule has 0 radical (unpaired) electrons. The number of fused-ring (bicyclic) bond motifs is 1. The van der Waals surface area contributed by atoms with Crippen LogP contribution >= 0.6 is 0 Å². The van der Waals surface area contributed by atoms with Crippen molar-refractivity contribution in [3.8, 4) is 23.0 Å². The van der Waals surface area contributed by atoms with Gasteiger partial charge in [-0.3, -0.25) is 4.79 Å². The molecule has 192 valence electrons. The standard InChI is InChI=1S/C24H24O12/c25-10-18-21(30)22(31)23(32)24(36-18)35-17-9-14(26)12(2-5-19(27)28)7-16(17)33-13-4-1-11-3-6-20(29)34-15(11)8-13/h1,3-4,6-9,18,21-26,30-32H,2,5,10H2,(H,27,28)/t18-,21+,22+,23+,24-/m0/s1. The maximum atomic E-state index is 11.6. The van der Waals surface area contributed by atoms with E-state index in [0.717, 1.165) is 6.07 Å². The molecule has 3 aromatic rings. The Kier molecular flexibility index (Phi) is 7.43. The van der Waals surface area contributed by atoms with Crippen LogP contribution in [0, 0.1) is 0 Å². The van der Waals surface area contributed by atoms with E-state index in [1.165, 1.54) is 18.2 Å². The van der Waals surface area contributed by atoms with Gasteiger partial charge in [0.1, 0.15) is 41.5 Å². The lowest BCUT2D eigenvalue weighted by Gasteiger charge is -2.39. The van der Waals surface area contributed by atoms with Crippen LogP contribution in [-0.4, -0.2) is 73.9 Å². The average molecular weight is 504 g/mol. The molecule has 4 rings (SSSR count). The Morgan fingerprint density at radius 1 is 0.972 bits per heavy atom. The van der Waals surface area contributed by atoms with Crippen molar-refractivity contribution in [3.63, 3.8) is 0 Å². The molecule has 1 saturated heterocycles. The Hall–Kier alpha value is -3.68. The second-order valence-corrected chi connectivity index (χ2v) is 8.19. The minimum atomic E-state index is -1.72. The Bertz CT molecular complexity index is 1300. The number of hydrogen-bond donors (Lipinski definition) is 6. The molecule has 0 amide bonds.